The average Bonchev–Trinajstić information content (AvgIpc) is 3.28. The summed E-state index contributed by atoms with van der Waals surface area (Å²) in [4.78, 5) is 12.7. The Morgan fingerprint density at radius 3 is 2.35 bits per heavy atom. The molecule has 0 radical (unpaired) electrons. The van der Waals surface area contributed by atoms with Crippen molar-refractivity contribution in [2.24, 2.45) is 0 Å². The van der Waals surface area contributed by atoms with Crippen LogP contribution in [0.15, 0.2) is 84.0 Å². The minimum atomic E-state index is 0.00135. The van der Waals surface area contributed by atoms with Gasteiger partial charge in [0, 0.05) is 11.6 Å². The Balaban J connectivity index is 1.46. The summed E-state index contributed by atoms with van der Waals surface area (Å²) in [5, 5.41) is 12.7. The number of hydrogen-bond acceptors (Lipinski definition) is 4. The zero-order valence-electron chi connectivity index (χ0n) is 19.9. The number of nitrogens with one attached hydrogen (secondary N) is 1. The van der Waals surface area contributed by atoms with Gasteiger partial charge in [0.15, 0.2) is 11.0 Å². The number of nitrogens with zero attached hydrogens (tertiary/aromatic N) is 3. The molecule has 0 fully saturated rings. The second kappa shape index (κ2) is 11.2. The van der Waals surface area contributed by atoms with Crippen LogP contribution >= 0.6 is 11.8 Å². The van der Waals surface area contributed by atoms with Crippen molar-refractivity contribution in [1.29, 1.82) is 0 Å². The minimum Gasteiger partial charge on any atom is -0.353 e. The summed E-state index contributed by atoms with van der Waals surface area (Å²) >= 11 is 1.41. The van der Waals surface area contributed by atoms with Crippen LogP contribution < -0.4 is 5.32 Å². The van der Waals surface area contributed by atoms with Crippen LogP contribution in [0.4, 0.5) is 0 Å². The van der Waals surface area contributed by atoms with E-state index >= 15 is 0 Å². The molecule has 0 aliphatic carbocycles. The molecule has 3 aromatic carbocycles. The van der Waals surface area contributed by atoms with Crippen LogP contribution in [0.5, 0.6) is 0 Å². The van der Waals surface area contributed by atoms with Gasteiger partial charge in [-0.1, -0.05) is 78.5 Å². The molecule has 4 rings (SSSR count). The smallest absolute Gasteiger partial charge is 0.230 e. The van der Waals surface area contributed by atoms with Crippen molar-refractivity contribution in [2.45, 2.75) is 44.8 Å². The van der Waals surface area contributed by atoms with Gasteiger partial charge in [-0.2, -0.15) is 0 Å². The van der Waals surface area contributed by atoms with Crippen molar-refractivity contribution >= 4 is 17.7 Å². The molecule has 0 saturated carbocycles. The molecule has 6 heteroatoms. The molecule has 174 valence electrons. The van der Waals surface area contributed by atoms with Gasteiger partial charge in [-0.05, 0) is 62.4 Å². The number of carbonyl (C=O) groups is 1. The highest BCUT2D eigenvalue weighted by atomic mass is 32.2. The van der Waals surface area contributed by atoms with Gasteiger partial charge in [-0.15, -0.1) is 10.2 Å². The Morgan fingerprint density at radius 1 is 0.941 bits per heavy atom. The van der Waals surface area contributed by atoms with E-state index in [1.165, 1.54) is 28.5 Å². The largest absolute Gasteiger partial charge is 0.353 e. The number of thioether (sulfide) groups is 1. The van der Waals surface area contributed by atoms with Crippen LogP contribution in [0.2, 0.25) is 0 Å². The van der Waals surface area contributed by atoms with E-state index in [-0.39, 0.29) is 17.7 Å². The molecule has 1 heterocycles. The molecular formula is C28H30N4OS. The van der Waals surface area contributed by atoms with Crippen LogP contribution in [-0.2, 0) is 11.2 Å². The lowest BCUT2D eigenvalue weighted by atomic mass is 10.1. The second-order valence-corrected chi connectivity index (χ2v) is 9.50. The molecule has 0 saturated heterocycles. The highest BCUT2D eigenvalue weighted by Crippen LogP contribution is 2.28. The van der Waals surface area contributed by atoms with Crippen molar-refractivity contribution in [3.8, 4) is 17.1 Å². The maximum atomic E-state index is 12.7. The number of amides is 1. The average molecular weight is 471 g/mol. The van der Waals surface area contributed by atoms with Crippen molar-refractivity contribution < 1.29 is 4.79 Å². The van der Waals surface area contributed by atoms with Crippen LogP contribution in [0.3, 0.4) is 0 Å². The molecule has 5 nitrogen and oxygen atoms in total. The summed E-state index contributed by atoms with van der Waals surface area (Å²) in [7, 11) is 0. The summed E-state index contributed by atoms with van der Waals surface area (Å²) in [6.07, 6.45) is 1.84. The number of rotatable bonds is 9. The molecule has 0 aliphatic rings. The summed E-state index contributed by atoms with van der Waals surface area (Å²) < 4.78 is 2.04. The lowest BCUT2D eigenvalue weighted by Crippen LogP contribution is -2.34. The number of aromatic nitrogens is 3. The lowest BCUT2D eigenvalue weighted by Gasteiger charge is -2.14. The van der Waals surface area contributed by atoms with Crippen LogP contribution in [0, 0.1) is 13.8 Å². The van der Waals surface area contributed by atoms with E-state index in [1.54, 1.807) is 0 Å². The van der Waals surface area contributed by atoms with Gasteiger partial charge >= 0.3 is 0 Å². The summed E-state index contributed by atoms with van der Waals surface area (Å²) in [5.74, 6) is 1.05. The van der Waals surface area contributed by atoms with E-state index < -0.39 is 0 Å². The molecule has 0 spiro atoms. The van der Waals surface area contributed by atoms with Gasteiger partial charge in [0.1, 0.15) is 0 Å². The van der Waals surface area contributed by atoms with Crippen LogP contribution in [-0.4, -0.2) is 32.5 Å². The molecule has 34 heavy (non-hydrogen) atoms. The zero-order valence-corrected chi connectivity index (χ0v) is 20.7. The van der Waals surface area contributed by atoms with Crippen molar-refractivity contribution in [3.63, 3.8) is 0 Å². The summed E-state index contributed by atoms with van der Waals surface area (Å²) in [6.45, 7) is 6.25. The van der Waals surface area contributed by atoms with E-state index in [4.69, 9.17) is 0 Å². The maximum absolute atomic E-state index is 12.7. The number of carbonyl (C=O) groups excluding carboxylic acids is 1. The highest BCUT2D eigenvalue weighted by molar-refractivity contribution is 7.99. The van der Waals surface area contributed by atoms with Gasteiger partial charge in [0.2, 0.25) is 5.91 Å². The molecule has 1 atom stereocenters. The molecular weight excluding hydrogens is 440 g/mol. The first-order valence-electron chi connectivity index (χ1n) is 11.6. The Labute approximate surface area is 205 Å². The Morgan fingerprint density at radius 2 is 1.65 bits per heavy atom. The maximum Gasteiger partial charge on any atom is 0.230 e. The molecule has 1 N–H and O–H groups in total. The third-order valence-corrected chi connectivity index (χ3v) is 6.79. The standard InChI is InChI=1S/C28H30N4OS/c1-20-14-17-25(18-21(20)2)32-27(24-12-8-5-9-13-24)30-31-28(32)34-19-26(33)29-22(3)15-16-23-10-6-4-7-11-23/h4-14,17-18,22H,15-16,19H2,1-3H3,(H,29,33)/t22-/m0/s1. The fourth-order valence-corrected chi connectivity index (χ4v) is 4.54. The number of benzene rings is 3. The summed E-state index contributed by atoms with van der Waals surface area (Å²) in [5.41, 5.74) is 5.69. The predicted octanol–water partition coefficient (Wildman–Crippen LogP) is 5.78. The Kier molecular flexibility index (Phi) is 7.80. The van der Waals surface area contributed by atoms with Crippen LogP contribution in [0.1, 0.15) is 30.0 Å². The van der Waals surface area contributed by atoms with Crippen LogP contribution in [0.25, 0.3) is 17.1 Å². The van der Waals surface area contributed by atoms with E-state index in [0.29, 0.717) is 5.16 Å². The molecule has 1 aromatic heterocycles. The third-order valence-electron chi connectivity index (χ3n) is 5.86. The number of aryl methyl sites for hydroxylation is 3. The highest BCUT2D eigenvalue weighted by Gasteiger charge is 2.18. The zero-order chi connectivity index (χ0) is 23.9. The fourth-order valence-electron chi connectivity index (χ4n) is 3.78. The molecule has 0 bridgehead atoms. The third kappa shape index (κ3) is 5.94. The van der Waals surface area contributed by atoms with Gasteiger partial charge < -0.3 is 5.32 Å². The lowest BCUT2D eigenvalue weighted by molar-refractivity contribution is -0.119. The number of hydrogen-bond donors (Lipinski definition) is 1. The minimum absolute atomic E-state index is 0.00135. The van der Waals surface area contributed by atoms with E-state index in [2.05, 4.69) is 66.6 Å². The van der Waals surface area contributed by atoms with Gasteiger partial charge in [0.25, 0.3) is 0 Å². The van der Waals surface area contributed by atoms with E-state index in [1.807, 2.05) is 53.1 Å². The van der Waals surface area contributed by atoms with Crippen molar-refractivity contribution in [3.05, 3.63) is 95.6 Å². The summed E-state index contributed by atoms with van der Waals surface area (Å²) in [6, 6.07) is 26.8. The van der Waals surface area contributed by atoms with Gasteiger partial charge in [-0.3, -0.25) is 9.36 Å². The van der Waals surface area contributed by atoms with Gasteiger partial charge in [0.05, 0.1) is 11.4 Å². The molecule has 0 aliphatic heterocycles. The second-order valence-electron chi connectivity index (χ2n) is 8.56. The quantitative estimate of drug-likeness (QED) is 0.315. The van der Waals surface area contributed by atoms with E-state index in [9.17, 15) is 4.79 Å². The topological polar surface area (TPSA) is 59.8 Å². The molecule has 0 unspecified atom stereocenters. The first-order chi connectivity index (χ1) is 16.5. The predicted molar refractivity (Wildman–Crippen MR) is 139 cm³/mol. The monoisotopic (exact) mass is 470 g/mol. The molecule has 1 amide bonds. The first-order valence-corrected chi connectivity index (χ1v) is 12.5. The van der Waals surface area contributed by atoms with Crippen molar-refractivity contribution in [2.75, 3.05) is 5.75 Å². The van der Waals surface area contributed by atoms with Gasteiger partial charge in [-0.25, -0.2) is 0 Å². The first kappa shape index (κ1) is 23.8. The Hall–Kier alpha value is -3.38. The van der Waals surface area contributed by atoms with Crippen molar-refractivity contribution in [1.82, 2.24) is 20.1 Å². The van der Waals surface area contributed by atoms with E-state index in [0.717, 1.165) is 29.9 Å². The normalized spacial score (nSPS) is 11.9. The fraction of sp³-hybridized carbons (Fsp3) is 0.250. The SMILES string of the molecule is Cc1ccc(-n2c(SCC(=O)N[C@@H](C)CCc3ccccc3)nnc2-c2ccccc2)cc1C. The molecule has 4 aromatic rings. The Bertz CT molecular complexity index is 1240.